The van der Waals surface area contributed by atoms with E-state index >= 15 is 0 Å². The van der Waals surface area contributed by atoms with E-state index in [2.05, 4.69) is 15.9 Å². The second kappa shape index (κ2) is 5.00. The Labute approximate surface area is 117 Å². The number of nitrogens with zero attached hydrogens (tertiary/aromatic N) is 1. The highest BCUT2D eigenvalue weighted by Crippen LogP contribution is 2.28. The Morgan fingerprint density at radius 1 is 1.37 bits per heavy atom. The summed E-state index contributed by atoms with van der Waals surface area (Å²) in [7, 11) is 0. The van der Waals surface area contributed by atoms with E-state index in [1.54, 1.807) is 6.07 Å². The molecule has 1 atom stereocenters. The molecule has 0 saturated carbocycles. The van der Waals surface area contributed by atoms with Crippen LogP contribution in [0.5, 0.6) is 0 Å². The molecule has 1 aromatic carbocycles. The second-order valence-corrected chi connectivity index (χ2v) is 5.23. The third-order valence-electron chi connectivity index (χ3n) is 2.97. The van der Waals surface area contributed by atoms with Gasteiger partial charge in [-0.15, -0.1) is 0 Å². The lowest BCUT2D eigenvalue weighted by atomic mass is 10.1. The molecule has 1 unspecified atom stereocenters. The van der Waals surface area contributed by atoms with Gasteiger partial charge in [0.25, 0.3) is 0 Å². The van der Waals surface area contributed by atoms with Crippen molar-refractivity contribution in [3.63, 3.8) is 0 Å². The highest BCUT2D eigenvalue weighted by Gasteiger charge is 2.34. The highest BCUT2D eigenvalue weighted by molar-refractivity contribution is 9.10. The van der Waals surface area contributed by atoms with E-state index in [9.17, 15) is 14.4 Å². The minimum atomic E-state index is -1.08. The molecule has 0 aromatic heterocycles. The van der Waals surface area contributed by atoms with Gasteiger partial charge in [-0.25, -0.2) is 4.79 Å². The number of carbonyl (C=O) groups is 3. The highest BCUT2D eigenvalue weighted by atomic mass is 79.9. The van der Waals surface area contributed by atoms with Gasteiger partial charge in [-0.05, 0) is 18.2 Å². The van der Waals surface area contributed by atoms with Gasteiger partial charge in [0.2, 0.25) is 11.8 Å². The quantitative estimate of drug-likeness (QED) is 0.864. The summed E-state index contributed by atoms with van der Waals surface area (Å²) in [6.45, 7) is 0.184. The summed E-state index contributed by atoms with van der Waals surface area (Å²) in [6.07, 6.45) is 0.0598. The van der Waals surface area contributed by atoms with Crippen molar-refractivity contribution in [3.8, 4) is 0 Å². The number of primary amides is 1. The average Bonchev–Trinajstić information content (AvgIpc) is 2.70. The Morgan fingerprint density at radius 2 is 2.05 bits per heavy atom. The molecule has 0 bridgehead atoms. The maximum atomic E-state index is 11.8. The first-order chi connectivity index (χ1) is 8.88. The van der Waals surface area contributed by atoms with Crippen molar-refractivity contribution in [2.75, 3.05) is 11.4 Å². The predicted molar refractivity (Wildman–Crippen MR) is 70.8 cm³/mol. The number of aromatic carboxylic acids is 1. The number of hydrogen-bond acceptors (Lipinski definition) is 3. The zero-order valence-electron chi connectivity index (χ0n) is 9.80. The molecule has 1 heterocycles. The number of rotatable bonds is 3. The molecule has 2 amide bonds. The lowest BCUT2D eigenvalue weighted by molar-refractivity contribution is -0.123. The van der Waals surface area contributed by atoms with Gasteiger partial charge in [0.1, 0.15) is 0 Å². The largest absolute Gasteiger partial charge is 0.478 e. The van der Waals surface area contributed by atoms with Gasteiger partial charge in [-0.3, -0.25) is 9.59 Å². The molecule has 0 radical (unpaired) electrons. The van der Waals surface area contributed by atoms with E-state index in [4.69, 9.17) is 10.8 Å². The number of anilines is 1. The van der Waals surface area contributed by atoms with Crippen LogP contribution in [-0.2, 0) is 9.59 Å². The lowest BCUT2D eigenvalue weighted by Crippen LogP contribution is -2.28. The molecule has 1 aromatic rings. The van der Waals surface area contributed by atoms with E-state index in [-0.39, 0.29) is 24.4 Å². The molecular weight excluding hydrogens is 316 g/mol. The number of nitrogens with two attached hydrogens (primary N) is 1. The SMILES string of the molecule is NC(=O)C1CC(=O)N(c2cc(Br)cc(C(=O)O)c2)C1. The fraction of sp³-hybridized carbons (Fsp3) is 0.250. The van der Waals surface area contributed by atoms with Crippen LogP contribution in [0.3, 0.4) is 0 Å². The standard InChI is InChI=1S/C12H11BrN2O4/c13-8-1-6(12(18)19)2-9(4-8)15-5-7(11(14)17)3-10(15)16/h1-2,4,7H,3,5H2,(H2,14,17)(H,18,19). The zero-order chi connectivity index (χ0) is 14.2. The number of amides is 2. The van der Waals surface area contributed by atoms with E-state index in [1.165, 1.54) is 17.0 Å². The fourth-order valence-electron chi connectivity index (χ4n) is 2.00. The lowest BCUT2D eigenvalue weighted by Gasteiger charge is -2.17. The smallest absolute Gasteiger partial charge is 0.335 e. The van der Waals surface area contributed by atoms with Crippen LogP contribution in [0.4, 0.5) is 5.69 Å². The van der Waals surface area contributed by atoms with Crippen molar-refractivity contribution in [2.24, 2.45) is 11.7 Å². The van der Waals surface area contributed by atoms with Crippen molar-refractivity contribution in [1.29, 1.82) is 0 Å². The van der Waals surface area contributed by atoms with E-state index in [1.807, 2.05) is 0 Å². The molecule has 1 aliphatic rings. The first kappa shape index (κ1) is 13.5. The number of carboxylic acids is 1. The van der Waals surface area contributed by atoms with E-state index in [0.717, 1.165) is 0 Å². The minimum absolute atomic E-state index is 0.0598. The summed E-state index contributed by atoms with van der Waals surface area (Å²) in [5, 5.41) is 8.98. The number of carboxylic acid groups (broad SMARTS) is 1. The van der Waals surface area contributed by atoms with Gasteiger partial charge in [-0.1, -0.05) is 15.9 Å². The molecule has 19 heavy (non-hydrogen) atoms. The third kappa shape index (κ3) is 2.76. The molecule has 6 nitrogen and oxygen atoms in total. The zero-order valence-corrected chi connectivity index (χ0v) is 11.4. The summed E-state index contributed by atoms with van der Waals surface area (Å²) >= 11 is 3.20. The van der Waals surface area contributed by atoms with Crippen molar-refractivity contribution >= 4 is 39.4 Å². The van der Waals surface area contributed by atoms with Crippen LogP contribution in [0.25, 0.3) is 0 Å². The second-order valence-electron chi connectivity index (χ2n) is 4.31. The fourth-order valence-corrected chi connectivity index (χ4v) is 2.48. The first-order valence-corrected chi connectivity index (χ1v) is 6.31. The molecule has 7 heteroatoms. The normalized spacial score (nSPS) is 18.7. The molecule has 0 aliphatic carbocycles. The van der Waals surface area contributed by atoms with Gasteiger partial charge in [0, 0.05) is 23.1 Å². The molecular formula is C12H11BrN2O4. The molecule has 3 N–H and O–H groups in total. The summed E-state index contributed by atoms with van der Waals surface area (Å²) in [6, 6.07) is 4.47. The Bertz CT molecular complexity index is 573. The van der Waals surface area contributed by atoms with Gasteiger partial charge in [-0.2, -0.15) is 0 Å². The van der Waals surface area contributed by atoms with Crippen LogP contribution >= 0.6 is 15.9 Å². The van der Waals surface area contributed by atoms with Gasteiger partial charge in [0.15, 0.2) is 0 Å². The van der Waals surface area contributed by atoms with Crippen LogP contribution in [0.15, 0.2) is 22.7 Å². The van der Waals surface area contributed by atoms with Crippen LogP contribution in [0.2, 0.25) is 0 Å². The maximum absolute atomic E-state index is 11.8. The van der Waals surface area contributed by atoms with Gasteiger partial charge in [0.05, 0.1) is 11.5 Å². The van der Waals surface area contributed by atoms with Gasteiger partial charge >= 0.3 is 5.97 Å². The molecule has 2 rings (SSSR count). The number of halogens is 1. The number of hydrogen-bond donors (Lipinski definition) is 2. The van der Waals surface area contributed by atoms with Crippen molar-refractivity contribution in [1.82, 2.24) is 0 Å². The summed E-state index contributed by atoms with van der Waals surface area (Å²) < 4.78 is 0.553. The average molecular weight is 327 g/mol. The number of carbonyl (C=O) groups excluding carboxylic acids is 2. The van der Waals surface area contributed by atoms with Crippen LogP contribution in [-0.4, -0.2) is 29.4 Å². The molecule has 100 valence electrons. The summed E-state index contributed by atoms with van der Waals surface area (Å²) in [4.78, 5) is 35.3. The van der Waals surface area contributed by atoms with Crippen LogP contribution in [0, 0.1) is 5.92 Å². The van der Waals surface area contributed by atoms with Gasteiger partial charge < -0.3 is 15.7 Å². The molecule has 1 aliphatic heterocycles. The summed E-state index contributed by atoms with van der Waals surface area (Å²) in [5.74, 6) is -2.37. The third-order valence-corrected chi connectivity index (χ3v) is 3.43. The topological polar surface area (TPSA) is 101 Å². The van der Waals surface area contributed by atoms with E-state index in [0.29, 0.717) is 10.2 Å². The monoisotopic (exact) mass is 326 g/mol. The van der Waals surface area contributed by atoms with Crippen molar-refractivity contribution in [3.05, 3.63) is 28.2 Å². The Kier molecular flexibility index (Phi) is 3.57. The van der Waals surface area contributed by atoms with Crippen LogP contribution < -0.4 is 10.6 Å². The molecule has 1 fully saturated rings. The Hall–Kier alpha value is -1.89. The Balaban J connectivity index is 2.34. The number of benzene rings is 1. The minimum Gasteiger partial charge on any atom is -0.478 e. The van der Waals surface area contributed by atoms with Crippen molar-refractivity contribution in [2.45, 2.75) is 6.42 Å². The van der Waals surface area contributed by atoms with Crippen molar-refractivity contribution < 1.29 is 19.5 Å². The summed E-state index contributed by atoms with van der Waals surface area (Å²) in [5.41, 5.74) is 5.70. The molecule has 1 saturated heterocycles. The Morgan fingerprint density at radius 3 is 2.58 bits per heavy atom. The van der Waals surface area contributed by atoms with Crippen LogP contribution in [0.1, 0.15) is 16.8 Å². The molecule has 0 spiro atoms. The predicted octanol–water partition coefficient (Wildman–Crippen LogP) is 0.985. The first-order valence-electron chi connectivity index (χ1n) is 5.52. The van der Waals surface area contributed by atoms with E-state index < -0.39 is 17.8 Å². The maximum Gasteiger partial charge on any atom is 0.335 e.